The number of hydrogen-bond donors (Lipinski definition) is 1. The molecule has 0 bridgehead atoms. The van der Waals surface area contributed by atoms with Gasteiger partial charge in [-0.2, -0.15) is 0 Å². The zero-order valence-electron chi connectivity index (χ0n) is 10.8. The maximum atomic E-state index is 12.3. The first-order valence-corrected chi connectivity index (χ1v) is 7.22. The van der Waals surface area contributed by atoms with Gasteiger partial charge in [-0.15, -0.1) is 0 Å². The van der Waals surface area contributed by atoms with E-state index in [1.165, 1.54) is 37.7 Å². The van der Waals surface area contributed by atoms with Gasteiger partial charge in [0.15, 0.2) is 5.78 Å². The summed E-state index contributed by atoms with van der Waals surface area (Å²) in [5.41, 5.74) is 2.28. The average molecular weight is 243 g/mol. The third-order valence-electron chi connectivity index (χ3n) is 4.40. The van der Waals surface area contributed by atoms with Crippen molar-refractivity contribution >= 4 is 5.78 Å². The Labute approximate surface area is 109 Å². The Bertz CT molecular complexity index is 413. The summed E-state index contributed by atoms with van der Waals surface area (Å²) in [5.74, 6) is 1.02. The Kier molecular flexibility index (Phi) is 3.46. The molecule has 2 aliphatic rings. The van der Waals surface area contributed by atoms with Crippen molar-refractivity contribution in [3.63, 3.8) is 0 Å². The summed E-state index contributed by atoms with van der Waals surface area (Å²) in [5, 5.41) is 3.33. The van der Waals surface area contributed by atoms with Gasteiger partial charge >= 0.3 is 0 Å². The highest BCUT2D eigenvalue weighted by molar-refractivity contribution is 6.00. The largest absolute Gasteiger partial charge is 0.307 e. The fourth-order valence-corrected chi connectivity index (χ4v) is 2.94. The lowest BCUT2D eigenvalue weighted by atomic mass is 9.80. The summed E-state index contributed by atoms with van der Waals surface area (Å²) in [4.78, 5) is 12.3. The normalized spacial score (nSPS) is 24.6. The summed E-state index contributed by atoms with van der Waals surface area (Å²) in [6.45, 7) is 0.983. The Morgan fingerprint density at radius 1 is 1.00 bits per heavy atom. The minimum absolute atomic E-state index is 0.0494. The number of nitrogens with one attached hydrogen (secondary N) is 1. The molecule has 96 valence electrons. The average Bonchev–Trinajstić information content (AvgIpc) is 2.38. The van der Waals surface area contributed by atoms with E-state index in [1.807, 2.05) is 12.1 Å². The number of carbonyl (C=O) groups is 1. The number of hydrogen-bond acceptors (Lipinski definition) is 2. The summed E-state index contributed by atoms with van der Waals surface area (Å²) < 4.78 is 0. The van der Waals surface area contributed by atoms with Crippen molar-refractivity contribution in [2.45, 2.75) is 50.5 Å². The lowest BCUT2D eigenvalue weighted by Crippen LogP contribution is -2.40. The molecule has 1 unspecified atom stereocenters. The molecule has 1 atom stereocenters. The number of piperidine rings is 1. The molecule has 1 heterocycles. The number of ketones is 1. The van der Waals surface area contributed by atoms with Gasteiger partial charge in [0.2, 0.25) is 0 Å². The molecule has 1 aliphatic heterocycles. The second-order valence-corrected chi connectivity index (χ2v) is 5.62. The fraction of sp³-hybridized carbons (Fsp3) is 0.562. The van der Waals surface area contributed by atoms with Gasteiger partial charge in [-0.25, -0.2) is 0 Å². The van der Waals surface area contributed by atoms with Crippen LogP contribution in [0.5, 0.6) is 0 Å². The monoisotopic (exact) mass is 243 g/mol. The molecular weight excluding hydrogens is 222 g/mol. The lowest BCUT2D eigenvalue weighted by Gasteiger charge is -2.26. The number of benzene rings is 1. The van der Waals surface area contributed by atoms with Crippen LogP contribution in [0.3, 0.4) is 0 Å². The van der Waals surface area contributed by atoms with Crippen LogP contribution in [0.15, 0.2) is 24.3 Å². The van der Waals surface area contributed by atoms with Crippen LogP contribution in [0.2, 0.25) is 0 Å². The van der Waals surface area contributed by atoms with Gasteiger partial charge in [-0.1, -0.05) is 37.1 Å². The van der Waals surface area contributed by atoms with Crippen LogP contribution in [0, 0.1) is 0 Å². The van der Waals surface area contributed by atoms with Crippen LogP contribution in [0.1, 0.15) is 60.4 Å². The molecule has 1 N–H and O–H groups in total. The number of rotatable bonds is 3. The van der Waals surface area contributed by atoms with Crippen LogP contribution >= 0.6 is 0 Å². The van der Waals surface area contributed by atoms with E-state index < -0.39 is 0 Å². The van der Waals surface area contributed by atoms with Crippen LogP contribution in [0.25, 0.3) is 0 Å². The fourth-order valence-electron chi connectivity index (χ4n) is 2.94. The second-order valence-electron chi connectivity index (χ2n) is 5.62. The van der Waals surface area contributed by atoms with Gasteiger partial charge in [0.25, 0.3) is 0 Å². The Morgan fingerprint density at radius 3 is 2.33 bits per heavy atom. The SMILES string of the molecule is O=C(c1ccc(C2CCC2)cc1)C1CCCCN1. The van der Waals surface area contributed by atoms with E-state index in [2.05, 4.69) is 17.4 Å². The van der Waals surface area contributed by atoms with Crippen molar-refractivity contribution in [1.29, 1.82) is 0 Å². The van der Waals surface area contributed by atoms with Gasteiger partial charge in [0, 0.05) is 5.56 Å². The van der Waals surface area contributed by atoms with Crippen molar-refractivity contribution in [1.82, 2.24) is 5.32 Å². The molecule has 1 saturated heterocycles. The first-order valence-electron chi connectivity index (χ1n) is 7.22. The molecule has 2 nitrogen and oxygen atoms in total. The molecule has 1 aromatic carbocycles. The first-order chi connectivity index (χ1) is 8.84. The summed E-state index contributed by atoms with van der Waals surface area (Å²) in [6.07, 6.45) is 7.35. The molecule has 0 aromatic heterocycles. The van der Waals surface area contributed by atoms with Gasteiger partial charge in [0.05, 0.1) is 6.04 Å². The molecule has 1 aromatic rings. The van der Waals surface area contributed by atoms with Crippen LogP contribution < -0.4 is 5.32 Å². The van der Waals surface area contributed by atoms with Crippen molar-refractivity contribution in [2.24, 2.45) is 0 Å². The van der Waals surface area contributed by atoms with Crippen LogP contribution in [0.4, 0.5) is 0 Å². The molecule has 2 fully saturated rings. The van der Waals surface area contributed by atoms with Crippen molar-refractivity contribution < 1.29 is 4.79 Å². The van der Waals surface area contributed by atoms with Crippen molar-refractivity contribution in [3.05, 3.63) is 35.4 Å². The van der Waals surface area contributed by atoms with Crippen molar-refractivity contribution in [2.75, 3.05) is 6.54 Å². The third kappa shape index (κ3) is 2.35. The zero-order chi connectivity index (χ0) is 12.4. The Balaban J connectivity index is 1.69. The standard InChI is InChI=1S/C16H21NO/c18-16(15-6-1-2-11-17-15)14-9-7-13(8-10-14)12-4-3-5-12/h7-10,12,15,17H,1-6,11H2. The molecule has 0 amide bonds. The van der Waals surface area contributed by atoms with Crippen LogP contribution in [-0.2, 0) is 0 Å². The topological polar surface area (TPSA) is 29.1 Å². The quantitative estimate of drug-likeness (QED) is 0.825. The minimum atomic E-state index is 0.0494. The highest BCUT2D eigenvalue weighted by Crippen LogP contribution is 2.36. The predicted octanol–water partition coefficient (Wildman–Crippen LogP) is 3.28. The highest BCUT2D eigenvalue weighted by atomic mass is 16.1. The molecule has 1 aliphatic carbocycles. The van der Waals surface area contributed by atoms with Gasteiger partial charge < -0.3 is 5.32 Å². The Hall–Kier alpha value is -1.15. The summed E-state index contributed by atoms with van der Waals surface area (Å²) in [6, 6.07) is 8.39. The van der Waals surface area contributed by atoms with E-state index in [0.717, 1.165) is 24.4 Å². The van der Waals surface area contributed by atoms with Crippen molar-refractivity contribution in [3.8, 4) is 0 Å². The maximum absolute atomic E-state index is 12.3. The van der Waals surface area contributed by atoms with Gasteiger partial charge in [-0.3, -0.25) is 4.79 Å². The smallest absolute Gasteiger partial charge is 0.179 e. The molecule has 1 saturated carbocycles. The third-order valence-corrected chi connectivity index (χ3v) is 4.40. The van der Waals surface area contributed by atoms with E-state index in [0.29, 0.717) is 0 Å². The molecule has 3 rings (SSSR count). The Morgan fingerprint density at radius 2 is 1.78 bits per heavy atom. The predicted molar refractivity (Wildman–Crippen MR) is 73.0 cm³/mol. The van der Waals surface area contributed by atoms with E-state index in [4.69, 9.17) is 0 Å². The summed E-state index contributed by atoms with van der Waals surface area (Å²) in [7, 11) is 0. The number of carbonyl (C=O) groups excluding carboxylic acids is 1. The molecular formula is C16H21NO. The zero-order valence-corrected chi connectivity index (χ0v) is 10.8. The van der Waals surface area contributed by atoms with E-state index in [-0.39, 0.29) is 11.8 Å². The first kappa shape index (κ1) is 11.9. The van der Waals surface area contributed by atoms with Crippen LogP contribution in [-0.4, -0.2) is 18.4 Å². The van der Waals surface area contributed by atoms with E-state index in [1.54, 1.807) is 0 Å². The molecule has 0 radical (unpaired) electrons. The van der Waals surface area contributed by atoms with E-state index >= 15 is 0 Å². The summed E-state index contributed by atoms with van der Waals surface area (Å²) >= 11 is 0. The molecule has 2 heteroatoms. The minimum Gasteiger partial charge on any atom is -0.307 e. The number of Topliss-reactive ketones (excluding diaryl/α,β-unsaturated/α-hetero) is 1. The maximum Gasteiger partial charge on any atom is 0.179 e. The van der Waals surface area contributed by atoms with Gasteiger partial charge in [-0.05, 0) is 43.7 Å². The molecule has 18 heavy (non-hydrogen) atoms. The van der Waals surface area contributed by atoms with E-state index in [9.17, 15) is 4.79 Å². The lowest BCUT2D eigenvalue weighted by molar-refractivity contribution is 0.0927. The molecule has 0 spiro atoms. The second kappa shape index (κ2) is 5.23. The van der Waals surface area contributed by atoms with Gasteiger partial charge in [0.1, 0.15) is 0 Å². The highest BCUT2D eigenvalue weighted by Gasteiger charge is 2.23.